The summed E-state index contributed by atoms with van der Waals surface area (Å²) in [6.45, 7) is 1.73. The van der Waals surface area contributed by atoms with Gasteiger partial charge in [0, 0.05) is 12.3 Å². The number of rotatable bonds is 4. The summed E-state index contributed by atoms with van der Waals surface area (Å²) >= 11 is 0. The van der Waals surface area contributed by atoms with E-state index in [1.165, 1.54) is 4.68 Å². The Labute approximate surface area is 149 Å². The van der Waals surface area contributed by atoms with Crippen LogP contribution in [0.25, 0.3) is 5.65 Å². The Morgan fingerprint density at radius 3 is 3.00 bits per heavy atom. The zero-order valence-electron chi connectivity index (χ0n) is 14.6. The van der Waals surface area contributed by atoms with Crippen molar-refractivity contribution in [1.82, 2.24) is 29.7 Å². The van der Waals surface area contributed by atoms with E-state index in [9.17, 15) is 9.59 Å². The molecule has 1 amide bonds. The minimum Gasteiger partial charge on any atom is -0.345 e. The molecular weight excluding hydrogens is 332 g/mol. The maximum atomic E-state index is 12.4. The number of nitrogens with one attached hydrogen (secondary N) is 1. The Hall–Kier alpha value is -3.03. The Kier molecular flexibility index (Phi) is 4.24. The second-order valence-corrected chi connectivity index (χ2v) is 6.60. The molecule has 1 atom stereocenters. The van der Waals surface area contributed by atoms with Crippen LogP contribution in [0.4, 0.5) is 0 Å². The van der Waals surface area contributed by atoms with Crippen molar-refractivity contribution in [3.63, 3.8) is 0 Å². The van der Waals surface area contributed by atoms with E-state index in [0.717, 1.165) is 42.6 Å². The van der Waals surface area contributed by atoms with E-state index in [2.05, 4.69) is 20.6 Å². The second-order valence-electron chi connectivity index (χ2n) is 6.60. The zero-order valence-corrected chi connectivity index (χ0v) is 14.6. The van der Waals surface area contributed by atoms with Gasteiger partial charge in [0.25, 0.3) is 5.56 Å². The molecule has 134 valence electrons. The summed E-state index contributed by atoms with van der Waals surface area (Å²) in [4.78, 5) is 24.6. The van der Waals surface area contributed by atoms with Crippen LogP contribution in [0.5, 0.6) is 0 Å². The SMILES string of the molecule is C[C@H](NC(=O)Cn1nc2c(cc1=O)CCCC2)c1nnc2ccccn12. The highest BCUT2D eigenvalue weighted by molar-refractivity contribution is 5.76. The van der Waals surface area contributed by atoms with E-state index >= 15 is 0 Å². The number of aromatic nitrogens is 5. The minimum atomic E-state index is -0.340. The average Bonchev–Trinajstić information content (AvgIpc) is 3.06. The molecule has 1 aliphatic carbocycles. The summed E-state index contributed by atoms with van der Waals surface area (Å²) in [5.74, 6) is 0.357. The van der Waals surface area contributed by atoms with E-state index in [1.54, 1.807) is 6.07 Å². The lowest BCUT2D eigenvalue weighted by molar-refractivity contribution is -0.122. The van der Waals surface area contributed by atoms with Crippen LogP contribution in [0.1, 0.15) is 42.9 Å². The molecule has 1 aliphatic rings. The quantitative estimate of drug-likeness (QED) is 0.757. The highest BCUT2D eigenvalue weighted by Crippen LogP contribution is 2.17. The smallest absolute Gasteiger partial charge is 0.267 e. The highest BCUT2D eigenvalue weighted by atomic mass is 16.2. The van der Waals surface area contributed by atoms with Gasteiger partial charge in [-0.3, -0.25) is 14.0 Å². The molecule has 1 N–H and O–H groups in total. The number of carbonyl (C=O) groups excluding carboxylic acids is 1. The van der Waals surface area contributed by atoms with Gasteiger partial charge >= 0.3 is 0 Å². The first kappa shape index (κ1) is 16.4. The number of aryl methyl sites for hydroxylation is 2. The van der Waals surface area contributed by atoms with Gasteiger partial charge in [-0.15, -0.1) is 10.2 Å². The first-order chi connectivity index (χ1) is 12.6. The fourth-order valence-corrected chi connectivity index (χ4v) is 3.36. The summed E-state index contributed by atoms with van der Waals surface area (Å²) in [5.41, 5.74) is 2.43. The lowest BCUT2D eigenvalue weighted by Gasteiger charge is -2.16. The molecule has 0 saturated carbocycles. The van der Waals surface area contributed by atoms with Gasteiger partial charge < -0.3 is 5.32 Å². The zero-order chi connectivity index (χ0) is 18.1. The number of carbonyl (C=O) groups is 1. The van der Waals surface area contributed by atoms with E-state index in [-0.39, 0.29) is 24.1 Å². The van der Waals surface area contributed by atoms with Gasteiger partial charge in [-0.05, 0) is 50.3 Å². The van der Waals surface area contributed by atoms with E-state index in [4.69, 9.17) is 0 Å². The molecule has 0 saturated heterocycles. The van der Waals surface area contributed by atoms with Crippen LogP contribution in [0.15, 0.2) is 35.3 Å². The van der Waals surface area contributed by atoms with Gasteiger partial charge in [0.15, 0.2) is 11.5 Å². The molecule has 3 aromatic heterocycles. The van der Waals surface area contributed by atoms with Crippen LogP contribution in [0.2, 0.25) is 0 Å². The molecule has 3 aromatic rings. The Morgan fingerprint density at radius 2 is 2.12 bits per heavy atom. The topological polar surface area (TPSA) is 94.2 Å². The molecule has 0 spiro atoms. The Balaban J connectivity index is 1.49. The summed E-state index contributed by atoms with van der Waals surface area (Å²) in [7, 11) is 0. The first-order valence-electron chi connectivity index (χ1n) is 8.81. The van der Waals surface area contributed by atoms with Crippen LogP contribution in [0, 0.1) is 0 Å². The van der Waals surface area contributed by atoms with Crippen molar-refractivity contribution in [3.8, 4) is 0 Å². The molecule has 0 aromatic carbocycles. The highest BCUT2D eigenvalue weighted by Gasteiger charge is 2.18. The molecule has 0 radical (unpaired) electrons. The average molecular weight is 352 g/mol. The molecule has 0 unspecified atom stereocenters. The van der Waals surface area contributed by atoms with Crippen molar-refractivity contribution >= 4 is 11.6 Å². The van der Waals surface area contributed by atoms with Crippen molar-refractivity contribution in [3.05, 3.63) is 57.9 Å². The van der Waals surface area contributed by atoms with Gasteiger partial charge in [-0.1, -0.05) is 6.07 Å². The fourth-order valence-electron chi connectivity index (χ4n) is 3.36. The van der Waals surface area contributed by atoms with Gasteiger partial charge in [-0.2, -0.15) is 5.10 Å². The molecule has 0 fully saturated rings. The molecule has 4 rings (SSSR count). The number of hydrogen-bond acceptors (Lipinski definition) is 5. The van der Waals surface area contributed by atoms with Crippen molar-refractivity contribution in [2.45, 2.75) is 45.2 Å². The lowest BCUT2D eigenvalue weighted by Crippen LogP contribution is -2.36. The van der Waals surface area contributed by atoms with Crippen LogP contribution in [-0.2, 0) is 24.2 Å². The summed E-state index contributed by atoms with van der Waals surface area (Å²) in [6, 6.07) is 6.88. The maximum Gasteiger partial charge on any atom is 0.267 e. The van der Waals surface area contributed by atoms with Crippen molar-refractivity contribution in [1.29, 1.82) is 0 Å². The predicted octanol–water partition coefficient (Wildman–Crippen LogP) is 1.04. The summed E-state index contributed by atoms with van der Waals surface area (Å²) in [6.07, 6.45) is 5.76. The maximum absolute atomic E-state index is 12.4. The van der Waals surface area contributed by atoms with E-state index < -0.39 is 0 Å². The second kappa shape index (κ2) is 6.70. The molecular formula is C18H20N6O2. The molecule has 3 heterocycles. The molecule has 8 heteroatoms. The number of fused-ring (bicyclic) bond motifs is 2. The third-order valence-electron chi connectivity index (χ3n) is 4.67. The van der Waals surface area contributed by atoms with E-state index in [1.807, 2.05) is 35.7 Å². The van der Waals surface area contributed by atoms with Crippen LogP contribution in [0.3, 0.4) is 0 Å². The monoisotopic (exact) mass is 352 g/mol. The van der Waals surface area contributed by atoms with Crippen LogP contribution in [-0.4, -0.2) is 30.3 Å². The van der Waals surface area contributed by atoms with Crippen LogP contribution >= 0.6 is 0 Å². The third-order valence-corrected chi connectivity index (χ3v) is 4.67. The third kappa shape index (κ3) is 3.10. The lowest BCUT2D eigenvalue weighted by atomic mass is 9.97. The minimum absolute atomic E-state index is 0.104. The predicted molar refractivity (Wildman–Crippen MR) is 94.7 cm³/mol. The standard InChI is InChI=1S/C18H20N6O2/c1-12(18-21-20-15-8-4-5-9-23(15)18)19-16(25)11-24-17(26)10-13-6-2-3-7-14(13)22-24/h4-5,8-10,12H,2-3,6-7,11H2,1H3,(H,19,25)/t12-/m0/s1. The molecule has 0 bridgehead atoms. The Morgan fingerprint density at radius 1 is 1.27 bits per heavy atom. The number of pyridine rings is 1. The summed E-state index contributed by atoms with van der Waals surface area (Å²) < 4.78 is 3.07. The van der Waals surface area contributed by atoms with Gasteiger partial charge in [0.1, 0.15) is 6.54 Å². The number of hydrogen-bond donors (Lipinski definition) is 1. The van der Waals surface area contributed by atoms with Crippen molar-refractivity contribution in [2.24, 2.45) is 0 Å². The normalized spacial score (nSPS) is 14.8. The van der Waals surface area contributed by atoms with Crippen molar-refractivity contribution in [2.75, 3.05) is 0 Å². The molecule has 0 aliphatic heterocycles. The van der Waals surface area contributed by atoms with Crippen molar-refractivity contribution < 1.29 is 4.79 Å². The van der Waals surface area contributed by atoms with Gasteiger partial charge in [0.05, 0.1) is 11.7 Å². The van der Waals surface area contributed by atoms with Gasteiger partial charge in [0.2, 0.25) is 5.91 Å². The first-order valence-corrected chi connectivity index (χ1v) is 8.81. The number of amides is 1. The Bertz CT molecular complexity index is 1020. The van der Waals surface area contributed by atoms with Gasteiger partial charge in [-0.25, -0.2) is 4.68 Å². The summed E-state index contributed by atoms with van der Waals surface area (Å²) in [5, 5.41) is 15.5. The molecule has 26 heavy (non-hydrogen) atoms. The van der Waals surface area contributed by atoms with E-state index in [0.29, 0.717) is 5.82 Å². The van der Waals surface area contributed by atoms with Crippen LogP contribution < -0.4 is 10.9 Å². The largest absolute Gasteiger partial charge is 0.345 e. The number of nitrogens with zero attached hydrogens (tertiary/aromatic N) is 5. The fraction of sp³-hybridized carbons (Fsp3) is 0.389. The molecule has 8 nitrogen and oxygen atoms in total.